The van der Waals surface area contributed by atoms with Crippen LogP contribution in [-0.4, -0.2) is 78.1 Å². The summed E-state index contributed by atoms with van der Waals surface area (Å²) in [5.74, 6) is 0.214. The molecule has 1 aliphatic rings. The van der Waals surface area contributed by atoms with E-state index < -0.39 is 20.0 Å². The monoisotopic (exact) mass is 497 g/mol. The van der Waals surface area contributed by atoms with Crippen LogP contribution in [0.4, 0.5) is 5.69 Å². The third kappa shape index (κ3) is 5.57. The standard InChI is InChI=1S/C21H27N3O7S2/c1-4-32(26,27)22-17-7-5-6-16(14-17)21(25)23-10-12-24(13-11-23)33(28,29)20-15-18(30-2)8-9-19(20)31-3/h5-9,14-15,22H,4,10-13H2,1-3H3. The summed E-state index contributed by atoms with van der Waals surface area (Å²) in [5, 5.41) is 0. The Balaban J connectivity index is 1.73. The van der Waals surface area contributed by atoms with Crippen molar-refractivity contribution >= 4 is 31.6 Å². The molecule has 1 aliphatic heterocycles. The number of nitrogens with zero attached hydrogens (tertiary/aromatic N) is 2. The molecule has 0 aliphatic carbocycles. The number of methoxy groups -OCH3 is 2. The Morgan fingerprint density at radius 3 is 2.27 bits per heavy atom. The number of hydrogen-bond acceptors (Lipinski definition) is 7. The molecule has 1 fully saturated rings. The van der Waals surface area contributed by atoms with E-state index >= 15 is 0 Å². The SMILES string of the molecule is CCS(=O)(=O)Nc1cccc(C(=O)N2CCN(S(=O)(=O)c3cc(OC)ccc3OC)CC2)c1. The van der Waals surface area contributed by atoms with Gasteiger partial charge in [0.25, 0.3) is 5.91 Å². The number of sulfonamides is 2. The number of amides is 1. The van der Waals surface area contributed by atoms with Crippen LogP contribution >= 0.6 is 0 Å². The van der Waals surface area contributed by atoms with Crippen molar-refractivity contribution in [1.82, 2.24) is 9.21 Å². The lowest BCUT2D eigenvalue weighted by Crippen LogP contribution is -2.50. The second kappa shape index (κ2) is 9.98. The molecule has 0 bridgehead atoms. The van der Waals surface area contributed by atoms with E-state index in [4.69, 9.17) is 9.47 Å². The van der Waals surface area contributed by atoms with Gasteiger partial charge in [0.2, 0.25) is 20.0 Å². The van der Waals surface area contributed by atoms with Crippen molar-refractivity contribution in [2.24, 2.45) is 0 Å². The van der Waals surface area contributed by atoms with E-state index in [-0.39, 0.29) is 48.5 Å². The second-order valence-corrected chi connectivity index (χ2v) is 11.2. The van der Waals surface area contributed by atoms with Crippen molar-refractivity contribution in [2.45, 2.75) is 11.8 Å². The lowest BCUT2D eigenvalue weighted by molar-refractivity contribution is 0.0698. The zero-order chi connectivity index (χ0) is 24.2. The summed E-state index contributed by atoms with van der Waals surface area (Å²) in [5.41, 5.74) is 0.617. The molecule has 2 aromatic carbocycles. The molecule has 2 aromatic rings. The summed E-state index contributed by atoms with van der Waals surface area (Å²) in [6.07, 6.45) is 0. The van der Waals surface area contributed by atoms with Gasteiger partial charge in [0, 0.05) is 43.5 Å². The molecule has 1 N–H and O–H groups in total. The van der Waals surface area contributed by atoms with Crippen LogP contribution in [0.2, 0.25) is 0 Å². The van der Waals surface area contributed by atoms with Gasteiger partial charge < -0.3 is 14.4 Å². The van der Waals surface area contributed by atoms with Gasteiger partial charge in [-0.15, -0.1) is 0 Å². The van der Waals surface area contributed by atoms with Gasteiger partial charge in [-0.2, -0.15) is 4.31 Å². The van der Waals surface area contributed by atoms with Gasteiger partial charge in [-0.05, 0) is 37.3 Å². The Morgan fingerprint density at radius 1 is 0.970 bits per heavy atom. The molecule has 0 saturated carbocycles. The van der Waals surface area contributed by atoms with Crippen molar-refractivity contribution in [3.63, 3.8) is 0 Å². The van der Waals surface area contributed by atoms with Crippen molar-refractivity contribution in [1.29, 1.82) is 0 Å². The Labute approximate surface area is 194 Å². The fourth-order valence-corrected chi connectivity index (χ4v) is 5.63. The lowest BCUT2D eigenvalue weighted by Gasteiger charge is -2.34. The molecule has 3 rings (SSSR count). The molecule has 10 nitrogen and oxygen atoms in total. The average molecular weight is 498 g/mol. The van der Waals surface area contributed by atoms with Crippen LogP contribution < -0.4 is 14.2 Å². The smallest absolute Gasteiger partial charge is 0.254 e. The molecule has 33 heavy (non-hydrogen) atoms. The third-order valence-corrected chi connectivity index (χ3v) is 8.50. The van der Waals surface area contributed by atoms with E-state index in [2.05, 4.69) is 4.72 Å². The molecule has 0 atom stereocenters. The van der Waals surface area contributed by atoms with Gasteiger partial charge in [0.05, 0.1) is 20.0 Å². The van der Waals surface area contributed by atoms with E-state index in [1.807, 2.05) is 0 Å². The number of nitrogens with one attached hydrogen (secondary N) is 1. The number of ether oxygens (including phenoxy) is 2. The molecule has 1 saturated heterocycles. The molecular formula is C21H27N3O7S2. The Morgan fingerprint density at radius 2 is 1.67 bits per heavy atom. The summed E-state index contributed by atoms with van der Waals surface area (Å²) in [6.45, 7) is 2.11. The van der Waals surface area contributed by atoms with E-state index in [1.165, 1.54) is 43.6 Å². The molecular weight excluding hydrogens is 470 g/mol. The minimum Gasteiger partial charge on any atom is -0.497 e. The van der Waals surface area contributed by atoms with Gasteiger partial charge in [-0.1, -0.05) is 6.07 Å². The first-order valence-electron chi connectivity index (χ1n) is 10.2. The molecule has 0 aromatic heterocycles. The molecule has 12 heteroatoms. The minimum atomic E-state index is -3.87. The predicted octanol–water partition coefficient (Wildman–Crippen LogP) is 1.61. The first-order valence-corrected chi connectivity index (χ1v) is 13.3. The second-order valence-electron chi connectivity index (χ2n) is 7.30. The first kappa shape index (κ1) is 24.8. The topological polar surface area (TPSA) is 122 Å². The number of carbonyl (C=O) groups excluding carboxylic acids is 1. The summed E-state index contributed by atoms with van der Waals surface area (Å²) in [7, 11) is -4.49. The van der Waals surface area contributed by atoms with Gasteiger partial charge in [-0.25, -0.2) is 16.8 Å². The fourth-order valence-electron chi connectivity index (χ4n) is 3.41. The Kier molecular flexibility index (Phi) is 7.50. The summed E-state index contributed by atoms with van der Waals surface area (Å²) in [4.78, 5) is 14.5. The highest BCUT2D eigenvalue weighted by Gasteiger charge is 2.32. The number of rotatable bonds is 8. The van der Waals surface area contributed by atoms with Crippen LogP contribution in [0.5, 0.6) is 11.5 Å². The van der Waals surface area contributed by atoms with Gasteiger partial charge in [-0.3, -0.25) is 9.52 Å². The maximum absolute atomic E-state index is 13.2. The van der Waals surface area contributed by atoms with E-state index in [9.17, 15) is 21.6 Å². The lowest BCUT2D eigenvalue weighted by atomic mass is 10.1. The van der Waals surface area contributed by atoms with Gasteiger partial charge in [0.15, 0.2) is 0 Å². The van der Waals surface area contributed by atoms with E-state index in [1.54, 1.807) is 29.2 Å². The van der Waals surface area contributed by atoms with Crippen molar-refractivity contribution in [2.75, 3.05) is 50.9 Å². The molecule has 0 radical (unpaired) electrons. The third-order valence-electron chi connectivity index (χ3n) is 5.28. The Bertz CT molecular complexity index is 1220. The highest BCUT2D eigenvalue weighted by molar-refractivity contribution is 7.92. The number of benzene rings is 2. The van der Waals surface area contributed by atoms with Crippen LogP contribution in [0.1, 0.15) is 17.3 Å². The maximum atomic E-state index is 13.2. The molecule has 0 unspecified atom stereocenters. The largest absolute Gasteiger partial charge is 0.497 e. The highest BCUT2D eigenvalue weighted by Crippen LogP contribution is 2.31. The summed E-state index contributed by atoms with van der Waals surface area (Å²) >= 11 is 0. The predicted molar refractivity (Wildman–Crippen MR) is 124 cm³/mol. The molecule has 180 valence electrons. The Hall–Kier alpha value is -2.83. The van der Waals surface area contributed by atoms with Gasteiger partial charge in [0.1, 0.15) is 16.4 Å². The molecule has 1 heterocycles. The molecule has 1 amide bonds. The first-order chi connectivity index (χ1) is 15.6. The van der Waals surface area contributed by atoms with Crippen LogP contribution in [0.15, 0.2) is 47.4 Å². The number of anilines is 1. The minimum absolute atomic E-state index is 0.0000329. The van der Waals surface area contributed by atoms with Crippen molar-refractivity contribution in [3.8, 4) is 11.5 Å². The van der Waals surface area contributed by atoms with E-state index in [0.717, 1.165) is 0 Å². The van der Waals surface area contributed by atoms with Crippen LogP contribution in [0, 0.1) is 0 Å². The van der Waals surface area contributed by atoms with Crippen LogP contribution in [-0.2, 0) is 20.0 Å². The normalized spacial score (nSPS) is 15.2. The highest BCUT2D eigenvalue weighted by atomic mass is 32.2. The quantitative estimate of drug-likeness (QED) is 0.588. The maximum Gasteiger partial charge on any atom is 0.254 e. The van der Waals surface area contributed by atoms with E-state index in [0.29, 0.717) is 17.0 Å². The van der Waals surface area contributed by atoms with Gasteiger partial charge >= 0.3 is 0 Å². The van der Waals surface area contributed by atoms with Crippen molar-refractivity contribution < 1.29 is 31.1 Å². The van der Waals surface area contributed by atoms with Crippen LogP contribution in [0.3, 0.4) is 0 Å². The number of hydrogen-bond donors (Lipinski definition) is 1. The zero-order valence-electron chi connectivity index (χ0n) is 18.6. The van der Waals surface area contributed by atoms with Crippen molar-refractivity contribution in [3.05, 3.63) is 48.0 Å². The summed E-state index contributed by atoms with van der Waals surface area (Å²) < 4.78 is 64.1. The zero-order valence-corrected chi connectivity index (χ0v) is 20.3. The van der Waals surface area contributed by atoms with Crippen LogP contribution in [0.25, 0.3) is 0 Å². The number of carbonyl (C=O) groups is 1. The average Bonchev–Trinajstić information content (AvgIpc) is 2.83. The summed E-state index contributed by atoms with van der Waals surface area (Å²) in [6, 6.07) is 10.8. The molecule has 0 spiro atoms. The number of piperazine rings is 1. The fraction of sp³-hybridized carbons (Fsp3) is 0.381.